The van der Waals surface area contributed by atoms with Gasteiger partial charge in [-0.2, -0.15) is 0 Å². The quantitative estimate of drug-likeness (QED) is 0.911. The van der Waals surface area contributed by atoms with Crippen molar-refractivity contribution in [3.05, 3.63) is 23.8 Å². The van der Waals surface area contributed by atoms with Gasteiger partial charge in [0.2, 0.25) is 0 Å². The third kappa shape index (κ3) is 2.93. The van der Waals surface area contributed by atoms with Gasteiger partial charge in [0, 0.05) is 18.0 Å². The predicted molar refractivity (Wildman–Crippen MR) is 80.4 cm³/mol. The molecular formula is C17H25NO2. The van der Waals surface area contributed by atoms with Crippen LogP contribution < -0.4 is 14.8 Å². The van der Waals surface area contributed by atoms with Gasteiger partial charge in [-0.05, 0) is 49.4 Å². The standard InChI is InChI=1S/C17H25NO2/c1-12-3-4-13(9-12)11-18-16-7-8-20-17-6-5-14(19-2)10-15(16)17/h5-6,10,12-13,16,18H,3-4,7-9,11H2,1-2H3. The Balaban J connectivity index is 1.66. The topological polar surface area (TPSA) is 30.5 Å². The van der Waals surface area contributed by atoms with Crippen LogP contribution >= 0.6 is 0 Å². The van der Waals surface area contributed by atoms with Crippen LogP contribution in [0.2, 0.25) is 0 Å². The summed E-state index contributed by atoms with van der Waals surface area (Å²) in [5.41, 5.74) is 1.25. The highest BCUT2D eigenvalue weighted by Gasteiger charge is 2.25. The Bertz CT molecular complexity index is 460. The van der Waals surface area contributed by atoms with Crippen LogP contribution in [0.25, 0.3) is 0 Å². The van der Waals surface area contributed by atoms with E-state index in [1.54, 1.807) is 7.11 Å². The summed E-state index contributed by atoms with van der Waals surface area (Å²) in [4.78, 5) is 0. The SMILES string of the molecule is COc1ccc2c(c1)C(NCC1CCC(C)C1)CCO2. The molecule has 1 fully saturated rings. The van der Waals surface area contributed by atoms with Gasteiger partial charge in [-0.3, -0.25) is 0 Å². The highest BCUT2D eigenvalue weighted by Crippen LogP contribution is 2.36. The molecule has 1 aromatic carbocycles. The summed E-state index contributed by atoms with van der Waals surface area (Å²) in [6.45, 7) is 4.30. The second-order valence-corrected chi connectivity index (χ2v) is 6.29. The van der Waals surface area contributed by atoms with Crippen molar-refractivity contribution >= 4 is 0 Å². The molecule has 0 bridgehead atoms. The third-order valence-corrected chi connectivity index (χ3v) is 4.71. The summed E-state index contributed by atoms with van der Waals surface area (Å²) in [5, 5.41) is 3.76. The molecule has 3 unspecified atom stereocenters. The summed E-state index contributed by atoms with van der Waals surface area (Å²) in [7, 11) is 1.72. The Morgan fingerprint density at radius 3 is 2.95 bits per heavy atom. The first-order valence-corrected chi connectivity index (χ1v) is 7.80. The minimum atomic E-state index is 0.407. The number of ether oxygens (including phenoxy) is 2. The summed E-state index contributed by atoms with van der Waals surface area (Å²) < 4.78 is 11.1. The van der Waals surface area contributed by atoms with Crippen LogP contribution in [0.4, 0.5) is 0 Å². The molecule has 1 heterocycles. The maximum absolute atomic E-state index is 5.75. The fourth-order valence-electron chi connectivity index (χ4n) is 3.53. The van der Waals surface area contributed by atoms with E-state index in [1.807, 2.05) is 12.1 Å². The highest BCUT2D eigenvalue weighted by molar-refractivity contribution is 5.43. The molecule has 0 radical (unpaired) electrons. The molecule has 3 heteroatoms. The van der Waals surface area contributed by atoms with Crippen LogP contribution in [0.1, 0.15) is 44.2 Å². The normalized spacial score (nSPS) is 28.8. The van der Waals surface area contributed by atoms with Gasteiger partial charge in [0.1, 0.15) is 11.5 Å². The van der Waals surface area contributed by atoms with Crippen molar-refractivity contribution in [2.45, 2.75) is 38.6 Å². The Labute approximate surface area is 121 Å². The first kappa shape index (κ1) is 13.7. The van der Waals surface area contributed by atoms with Crippen LogP contribution in [0.3, 0.4) is 0 Å². The number of hydrogen-bond donors (Lipinski definition) is 1. The first-order chi connectivity index (χ1) is 9.76. The first-order valence-electron chi connectivity index (χ1n) is 7.80. The molecule has 0 amide bonds. The molecule has 1 aliphatic heterocycles. The second kappa shape index (κ2) is 6.04. The maximum atomic E-state index is 5.75. The Morgan fingerprint density at radius 1 is 1.30 bits per heavy atom. The lowest BCUT2D eigenvalue weighted by Gasteiger charge is -2.28. The number of benzene rings is 1. The van der Waals surface area contributed by atoms with E-state index >= 15 is 0 Å². The largest absolute Gasteiger partial charge is 0.497 e. The molecule has 3 rings (SSSR count). The van der Waals surface area contributed by atoms with Crippen molar-refractivity contribution in [3.8, 4) is 11.5 Å². The van der Waals surface area contributed by atoms with Gasteiger partial charge >= 0.3 is 0 Å². The molecule has 1 N–H and O–H groups in total. The van der Waals surface area contributed by atoms with E-state index in [1.165, 1.54) is 24.8 Å². The minimum Gasteiger partial charge on any atom is -0.497 e. The molecule has 1 saturated carbocycles. The minimum absolute atomic E-state index is 0.407. The van der Waals surface area contributed by atoms with Gasteiger partial charge in [-0.1, -0.05) is 13.3 Å². The van der Waals surface area contributed by atoms with Crippen molar-refractivity contribution < 1.29 is 9.47 Å². The highest BCUT2D eigenvalue weighted by atomic mass is 16.5. The number of fused-ring (bicyclic) bond motifs is 1. The average molecular weight is 275 g/mol. The number of hydrogen-bond acceptors (Lipinski definition) is 3. The summed E-state index contributed by atoms with van der Waals surface area (Å²) >= 11 is 0. The molecule has 0 aromatic heterocycles. The monoisotopic (exact) mass is 275 g/mol. The number of methoxy groups -OCH3 is 1. The van der Waals surface area contributed by atoms with Crippen LogP contribution in [-0.2, 0) is 0 Å². The number of nitrogens with one attached hydrogen (secondary N) is 1. The fraction of sp³-hybridized carbons (Fsp3) is 0.647. The Kier molecular flexibility index (Phi) is 4.16. The van der Waals surface area contributed by atoms with E-state index in [0.717, 1.165) is 42.9 Å². The molecule has 3 nitrogen and oxygen atoms in total. The molecule has 110 valence electrons. The summed E-state index contributed by atoms with van der Waals surface area (Å²) in [6, 6.07) is 6.52. The Hall–Kier alpha value is -1.22. The smallest absolute Gasteiger partial charge is 0.124 e. The van der Waals surface area contributed by atoms with Crippen LogP contribution in [0, 0.1) is 11.8 Å². The average Bonchev–Trinajstić information content (AvgIpc) is 2.90. The van der Waals surface area contributed by atoms with Gasteiger partial charge in [0.05, 0.1) is 13.7 Å². The lowest BCUT2D eigenvalue weighted by Crippen LogP contribution is -2.30. The maximum Gasteiger partial charge on any atom is 0.124 e. The van der Waals surface area contributed by atoms with E-state index in [9.17, 15) is 0 Å². The molecule has 1 aliphatic carbocycles. The van der Waals surface area contributed by atoms with Crippen molar-refractivity contribution in [3.63, 3.8) is 0 Å². The Morgan fingerprint density at radius 2 is 2.20 bits per heavy atom. The van der Waals surface area contributed by atoms with E-state index in [0.29, 0.717) is 6.04 Å². The van der Waals surface area contributed by atoms with E-state index in [-0.39, 0.29) is 0 Å². The van der Waals surface area contributed by atoms with Crippen LogP contribution in [0.15, 0.2) is 18.2 Å². The zero-order valence-electron chi connectivity index (χ0n) is 12.5. The van der Waals surface area contributed by atoms with Crippen LogP contribution in [0.5, 0.6) is 11.5 Å². The van der Waals surface area contributed by atoms with Crippen molar-refractivity contribution in [2.75, 3.05) is 20.3 Å². The van der Waals surface area contributed by atoms with E-state index < -0.39 is 0 Å². The molecule has 20 heavy (non-hydrogen) atoms. The van der Waals surface area contributed by atoms with Gasteiger partial charge in [-0.25, -0.2) is 0 Å². The van der Waals surface area contributed by atoms with Gasteiger partial charge in [0.25, 0.3) is 0 Å². The summed E-state index contributed by atoms with van der Waals surface area (Å²) in [5.74, 6) is 3.68. The van der Waals surface area contributed by atoms with Crippen LogP contribution in [-0.4, -0.2) is 20.3 Å². The van der Waals surface area contributed by atoms with Gasteiger partial charge in [-0.15, -0.1) is 0 Å². The lowest BCUT2D eigenvalue weighted by atomic mass is 9.98. The second-order valence-electron chi connectivity index (χ2n) is 6.29. The molecule has 0 saturated heterocycles. The summed E-state index contributed by atoms with van der Waals surface area (Å²) in [6.07, 6.45) is 5.19. The molecular weight excluding hydrogens is 250 g/mol. The van der Waals surface area contributed by atoms with E-state index in [4.69, 9.17) is 9.47 Å². The third-order valence-electron chi connectivity index (χ3n) is 4.71. The van der Waals surface area contributed by atoms with Gasteiger partial charge in [0.15, 0.2) is 0 Å². The lowest BCUT2D eigenvalue weighted by molar-refractivity contribution is 0.247. The zero-order valence-corrected chi connectivity index (χ0v) is 12.5. The van der Waals surface area contributed by atoms with Crippen molar-refractivity contribution in [1.82, 2.24) is 5.32 Å². The molecule has 1 aromatic rings. The molecule has 3 atom stereocenters. The molecule has 0 spiro atoms. The fourth-order valence-corrected chi connectivity index (χ4v) is 3.53. The zero-order chi connectivity index (χ0) is 13.9. The van der Waals surface area contributed by atoms with E-state index in [2.05, 4.69) is 18.3 Å². The van der Waals surface area contributed by atoms with Gasteiger partial charge < -0.3 is 14.8 Å². The van der Waals surface area contributed by atoms with Crippen molar-refractivity contribution in [1.29, 1.82) is 0 Å². The molecule has 2 aliphatic rings. The number of rotatable bonds is 4. The van der Waals surface area contributed by atoms with Crippen molar-refractivity contribution in [2.24, 2.45) is 11.8 Å². The predicted octanol–water partition coefficient (Wildman–Crippen LogP) is 3.54.